The van der Waals surface area contributed by atoms with E-state index in [1.54, 1.807) is 6.92 Å². The fourth-order valence-corrected chi connectivity index (χ4v) is 1.88. The molecule has 0 aromatic heterocycles. The zero-order valence-electron chi connectivity index (χ0n) is 9.31. The third-order valence-corrected chi connectivity index (χ3v) is 3.16. The van der Waals surface area contributed by atoms with Crippen LogP contribution < -0.4 is 5.32 Å². The van der Waals surface area contributed by atoms with Crippen molar-refractivity contribution in [2.45, 2.75) is 37.5 Å². The monoisotopic (exact) mass is 247 g/mol. The van der Waals surface area contributed by atoms with E-state index in [2.05, 4.69) is 5.32 Å². The second kappa shape index (κ2) is 3.98. The Balaban J connectivity index is 2.07. The molecule has 0 amide bonds. The molecule has 0 aliphatic heterocycles. The van der Waals surface area contributed by atoms with Crippen LogP contribution in [0.4, 0.5) is 17.6 Å². The topological polar surface area (TPSA) is 12.0 Å². The third-order valence-electron chi connectivity index (χ3n) is 3.16. The van der Waals surface area contributed by atoms with Gasteiger partial charge in [0.25, 0.3) is 0 Å². The van der Waals surface area contributed by atoms with E-state index in [9.17, 15) is 17.6 Å². The first kappa shape index (κ1) is 12.4. The number of halogens is 4. The van der Waals surface area contributed by atoms with Gasteiger partial charge in [0.2, 0.25) is 0 Å². The van der Waals surface area contributed by atoms with Gasteiger partial charge in [-0.1, -0.05) is 12.1 Å². The van der Waals surface area contributed by atoms with Gasteiger partial charge in [0.1, 0.15) is 11.4 Å². The van der Waals surface area contributed by atoms with Crippen LogP contribution in [0, 0.1) is 5.82 Å². The highest BCUT2D eigenvalue weighted by atomic mass is 19.4. The highest BCUT2D eigenvalue weighted by Gasteiger charge is 2.63. The number of rotatable bonds is 3. The lowest BCUT2D eigenvalue weighted by Gasteiger charge is -2.25. The summed E-state index contributed by atoms with van der Waals surface area (Å²) in [7, 11) is 0. The molecule has 0 bridgehead atoms. The van der Waals surface area contributed by atoms with Crippen molar-refractivity contribution >= 4 is 0 Å². The molecular weight excluding hydrogens is 234 g/mol. The minimum atomic E-state index is -4.22. The maximum absolute atomic E-state index is 12.7. The first-order valence-electron chi connectivity index (χ1n) is 5.44. The molecule has 0 spiro atoms. The molecule has 1 N–H and O–H groups in total. The maximum atomic E-state index is 12.7. The summed E-state index contributed by atoms with van der Waals surface area (Å²) in [6.45, 7) is 1.65. The first-order valence-corrected chi connectivity index (χ1v) is 5.44. The molecule has 1 atom stereocenters. The molecule has 0 radical (unpaired) electrons. The molecule has 1 aliphatic rings. The zero-order chi connectivity index (χ0) is 12.7. The van der Waals surface area contributed by atoms with E-state index in [0.717, 1.165) is 0 Å². The fraction of sp³-hybridized carbons (Fsp3) is 0.500. The molecule has 1 saturated carbocycles. The molecule has 0 saturated heterocycles. The third kappa shape index (κ3) is 2.44. The second-order valence-corrected chi connectivity index (χ2v) is 4.50. The zero-order valence-corrected chi connectivity index (χ0v) is 9.31. The van der Waals surface area contributed by atoms with Gasteiger partial charge in [0.15, 0.2) is 0 Å². The number of hydrogen-bond donors (Lipinski definition) is 1. The highest BCUT2D eigenvalue weighted by molar-refractivity contribution is 5.21. The lowest BCUT2D eigenvalue weighted by molar-refractivity contribution is -0.167. The summed E-state index contributed by atoms with van der Waals surface area (Å²) in [6, 6.07) is 5.06. The Morgan fingerprint density at radius 1 is 1.18 bits per heavy atom. The van der Waals surface area contributed by atoms with Crippen molar-refractivity contribution in [1.29, 1.82) is 0 Å². The summed E-state index contributed by atoms with van der Waals surface area (Å²) in [4.78, 5) is 0. The van der Waals surface area contributed by atoms with Crippen LogP contribution in [0.3, 0.4) is 0 Å². The molecule has 17 heavy (non-hydrogen) atoms. The van der Waals surface area contributed by atoms with Crippen LogP contribution in [0.1, 0.15) is 31.4 Å². The minimum absolute atomic E-state index is 0.113. The van der Waals surface area contributed by atoms with Gasteiger partial charge in [-0.3, -0.25) is 5.32 Å². The van der Waals surface area contributed by atoms with Gasteiger partial charge >= 0.3 is 6.18 Å². The summed E-state index contributed by atoms with van der Waals surface area (Å²) in [6.07, 6.45) is -3.99. The SMILES string of the molecule is CC(NC1(C(F)(F)F)CC1)c1ccc(F)cc1. The number of benzene rings is 1. The van der Waals surface area contributed by atoms with E-state index in [0.29, 0.717) is 5.56 Å². The standard InChI is InChI=1S/C12H13F4N/c1-8(9-2-4-10(13)5-3-9)17-11(6-7-11)12(14,15)16/h2-5,8,17H,6-7H2,1H3. The fourth-order valence-electron chi connectivity index (χ4n) is 1.88. The predicted molar refractivity (Wildman–Crippen MR) is 56.0 cm³/mol. The van der Waals surface area contributed by atoms with E-state index in [1.165, 1.54) is 24.3 Å². The summed E-state index contributed by atoms with van der Waals surface area (Å²) in [5.74, 6) is -0.391. The summed E-state index contributed by atoms with van der Waals surface area (Å²) < 4.78 is 50.8. The first-order chi connectivity index (χ1) is 7.84. The molecular formula is C12H13F4N. The minimum Gasteiger partial charge on any atom is -0.297 e. The Bertz CT molecular complexity index is 392. The van der Waals surface area contributed by atoms with Crippen molar-refractivity contribution in [2.75, 3.05) is 0 Å². The molecule has 1 aromatic carbocycles. The number of nitrogens with one attached hydrogen (secondary N) is 1. The Morgan fingerprint density at radius 2 is 1.71 bits per heavy atom. The predicted octanol–water partition coefficient (Wildman–Crippen LogP) is 3.57. The Labute approximate surface area is 96.8 Å². The van der Waals surface area contributed by atoms with Crippen LogP contribution in [0.5, 0.6) is 0 Å². The molecule has 1 aliphatic carbocycles. The van der Waals surface area contributed by atoms with E-state index >= 15 is 0 Å². The van der Waals surface area contributed by atoms with Crippen LogP contribution >= 0.6 is 0 Å². The van der Waals surface area contributed by atoms with E-state index in [1.807, 2.05) is 0 Å². The summed E-state index contributed by atoms with van der Waals surface area (Å²) in [5.41, 5.74) is -1.08. The number of alkyl halides is 3. The average Bonchev–Trinajstić information content (AvgIpc) is 2.98. The lowest BCUT2D eigenvalue weighted by atomic mass is 10.1. The molecule has 0 heterocycles. The van der Waals surface area contributed by atoms with E-state index in [4.69, 9.17) is 0 Å². The summed E-state index contributed by atoms with van der Waals surface area (Å²) in [5, 5.41) is 2.60. The molecule has 1 aromatic rings. The smallest absolute Gasteiger partial charge is 0.297 e. The largest absolute Gasteiger partial charge is 0.406 e. The lowest BCUT2D eigenvalue weighted by Crippen LogP contribution is -2.45. The van der Waals surface area contributed by atoms with Crippen molar-refractivity contribution in [1.82, 2.24) is 5.32 Å². The quantitative estimate of drug-likeness (QED) is 0.805. The molecule has 94 valence electrons. The van der Waals surface area contributed by atoms with Gasteiger partial charge in [0, 0.05) is 6.04 Å². The highest BCUT2D eigenvalue weighted by Crippen LogP contribution is 2.50. The Kier molecular flexibility index (Phi) is 2.89. The van der Waals surface area contributed by atoms with Crippen molar-refractivity contribution in [3.63, 3.8) is 0 Å². The van der Waals surface area contributed by atoms with Crippen LogP contribution in [-0.2, 0) is 0 Å². The van der Waals surface area contributed by atoms with E-state index < -0.39 is 23.6 Å². The van der Waals surface area contributed by atoms with Gasteiger partial charge in [-0.15, -0.1) is 0 Å². The van der Waals surface area contributed by atoms with E-state index in [-0.39, 0.29) is 12.8 Å². The van der Waals surface area contributed by atoms with Crippen LogP contribution in [0.15, 0.2) is 24.3 Å². The van der Waals surface area contributed by atoms with Gasteiger partial charge < -0.3 is 0 Å². The molecule has 1 fully saturated rings. The molecule has 5 heteroatoms. The van der Waals surface area contributed by atoms with Crippen LogP contribution in [0.25, 0.3) is 0 Å². The van der Waals surface area contributed by atoms with Crippen molar-refractivity contribution in [2.24, 2.45) is 0 Å². The maximum Gasteiger partial charge on any atom is 0.406 e. The molecule has 1 unspecified atom stereocenters. The van der Waals surface area contributed by atoms with Gasteiger partial charge in [0.05, 0.1) is 0 Å². The average molecular weight is 247 g/mol. The van der Waals surface area contributed by atoms with Crippen molar-refractivity contribution < 1.29 is 17.6 Å². The summed E-state index contributed by atoms with van der Waals surface area (Å²) >= 11 is 0. The van der Waals surface area contributed by atoms with Crippen LogP contribution in [-0.4, -0.2) is 11.7 Å². The van der Waals surface area contributed by atoms with Gasteiger partial charge in [-0.25, -0.2) is 4.39 Å². The number of hydrogen-bond acceptors (Lipinski definition) is 1. The van der Waals surface area contributed by atoms with Crippen molar-refractivity contribution in [3.8, 4) is 0 Å². The van der Waals surface area contributed by atoms with Gasteiger partial charge in [-0.05, 0) is 37.5 Å². The second-order valence-electron chi connectivity index (χ2n) is 4.50. The normalized spacial score (nSPS) is 20.1. The van der Waals surface area contributed by atoms with Crippen LogP contribution in [0.2, 0.25) is 0 Å². The Morgan fingerprint density at radius 3 is 2.12 bits per heavy atom. The molecule has 2 rings (SSSR count). The van der Waals surface area contributed by atoms with Crippen molar-refractivity contribution in [3.05, 3.63) is 35.6 Å². The Hall–Kier alpha value is -1.10. The molecule has 1 nitrogen and oxygen atoms in total. The van der Waals surface area contributed by atoms with Gasteiger partial charge in [-0.2, -0.15) is 13.2 Å².